The van der Waals surface area contributed by atoms with Crippen LogP contribution in [0.1, 0.15) is 393 Å². The van der Waals surface area contributed by atoms with Crippen LogP contribution in [0.25, 0.3) is 0 Å². The first-order chi connectivity index (χ1) is 52.8. The Kier molecular flexibility index (Phi) is 64.3. The van der Waals surface area contributed by atoms with Crippen molar-refractivity contribution in [3.63, 3.8) is 0 Å². The van der Waals surface area contributed by atoms with E-state index in [1.54, 1.807) is 0 Å². The molecule has 3 rings (SSSR count). The van der Waals surface area contributed by atoms with Crippen LogP contribution in [0.2, 0.25) is 0 Å². The van der Waals surface area contributed by atoms with Gasteiger partial charge in [-0.2, -0.15) is 0 Å². The molecule has 3 aliphatic rings. The van der Waals surface area contributed by atoms with Crippen molar-refractivity contribution in [1.29, 1.82) is 0 Å². The zero-order valence-electron chi connectivity index (χ0n) is 68.6. The number of rotatable bonds is 74. The van der Waals surface area contributed by atoms with Gasteiger partial charge in [-0.1, -0.05) is 371 Å². The van der Waals surface area contributed by atoms with E-state index in [0.717, 1.165) is 57.8 Å². The molecule has 19 heteroatoms. The average Bonchev–Trinajstić information content (AvgIpc) is 0.774. The van der Waals surface area contributed by atoms with Crippen LogP contribution in [-0.2, 0) is 33.2 Å². The summed E-state index contributed by atoms with van der Waals surface area (Å²) in [5.74, 6) is -0.234. The molecule has 0 aliphatic carbocycles. The van der Waals surface area contributed by atoms with Gasteiger partial charge in [-0.3, -0.25) is 4.79 Å². The highest BCUT2D eigenvalue weighted by Gasteiger charge is 2.54. The van der Waals surface area contributed by atoms with Crippen LogP contribution in [0.3, 0.4) is 0 Å². The Balaban J connectivity index is 1.32. The molecule has 3 fully saturated rings. The van der Waals surface area contributed by atoms with Gasteiger partial charge in [0.15, 0.2) is 18.9 Å². The fraction of sp³-hybridized carbons (Fsp3) is 0.921. The number of carbonyl (C=O) groups is 1. The third-order valence-electron chi connectivity index (χ3n) is 22.7. The molecule has 0 aromatic rings. The van der Waals surface area contributed by atoms with E-state index in [-0.39, 0.29) is 18.9 Å². The lowest BCUT2D eigenvalue weighted by Gasteiger charge is -2.48. The molecule has 1 amide bonds. The molecule has 108 heavy (non-hydrogen) atoms. The summed E-state index contributed by atoms with van der Waals surface area (Å²) < 4.78 is 34.6. The fourth-order valence-electron chi connectivity index (χ4n) is 15.5. The number of aliphatic hydroxyl groups is 11. The van der Waals surface area contributed by atoms with Crippen molar-refractivity contribution in [3.05, 3.63) is 36.5 Å². The Morgan fingerprint density at radius 1 is 0.333 bits per heavy atom. The molecule has 0 saturated carbocycles. The number of allylic oxidation sites excluding steroid dienone is 6. The van der Waals surface area contributed by atoms with Crippen molar-refractivity contribution < 1.29 is 89.4 Å². The molecule has 636 valence electrons. The summed E-state index contributed by atoms with van der Waals surface area (Å²) in [7, 11) is 0. The number of hydrogen-bond donors (Lipinski definition) is 12. The molecule has 0 aromatic carbocycles. The zero-order chi connectivity index (χ0) is 78.1. The molecule has 17 unspecified atom stereocenters. The van der Waals surface area contributed by atoms with E-state index in [0.29, 0.717) is 12.8 Å². The number of hydrogen-bond acceptors (Lipinski definition) is 18. The van der Waals surface area contributed by atoms with E-state index in [1.807, 2.05) is 0 Å². The lowest BCUT2D eigenvalue weighted by atomic mass is 9.96. The Hall–Kier alpha value is -1.99. The predicted octanol–water partition coefficient (Wildman–Crippen LogP) is 17.0. The van der Waals surface area contributed by atoms with Gasteiger partial charge in [0.25, 0.3) is 0 Å². The van der Waals surface area contributed by atoms with Gasteiger partial charge in [0, 0.05) is 6.42 Å². The summed E-state index contributed by atoms with van der Waals surface area (Å²) in [5.41, 5.74) is 0. The fourth-order valence-corrected chi connectivity index (χ4v) is 15.5. The van der Waals surface area contributed by atoms with Crippen LogP contribution < -0.4 is 5.32 Å². The summed E-state index contributed by atoms with van der Waals surface area (Å²) in [6, 6.07) is -0.888. The van der Waals surface area contributed by atoms with Crippen LogP contribution in [0, 0.1) is 0 Å². The first kappa shape index (κ1) is 100. The average molecular weight is 1540 g/mol. The lowest BCUT2D eigenvalue weighted by molar-refractivity contribution is -0.379. The summed E-state index contributed by atoms with van der Waals surface area (Å²) in [6.07, 6.45) is 61.1. The van der Waals surface area contributed by atoms with Crippen molar-refractivity contribution in [2.24, 2.45) is 0 Å². The normalized spacial score (nSPS) is 25.5. The first-order valence-electron chi connectivity index (χ1n) is 45.2. The minimum atomic E-state index is -1.97. The van der Waals surface area contributed by atoms with E-state index in [2.05, 4.69) is 55.6 Å². The maximum Gasteiger partial charge on any atom is 0.220 e. The van der Waals surface area contributed by atoms with Crippen molar-refractivity contribution >= 4 is 5.91 Å². The Morgan fingerprint density at radius 3 is 0.954 bits per heavy atom. The highest BCUT2D eigenvalue weighted by molar-refractivity contribution is 5.76. The van der Waals surface area contributed by atoms with Crippen LogP contribution in [0.5, 0.6) is 0 Å². The zero-order valence-corrected chi connectivity index (χ0v) is 68.6. The minimum absolute atomic E-state index is 0.234. The smallest absolute Gasteiger partial charge is 0.220 e. The Bertz CT molecular complexity index is 2090. The molecule has 12 N–H and O–H groups in total. The standard InChI is InChI=1S/C89H167NO18/c1-3-5-7-9-11-13-15-17-19-21-23-25-27-29-31-33-34-35-36-37-38-39-41-43-45-47-49-51-53-55-57-59-61-63-65-67-77(95)90-72(73(94)66-64-62-60-58-56-54-52-50-48-46-44-42-40-32-30-28-26-24-22-20-18-16-14-12-10-8-6-4-2)71-103-87-83(101)80(98)85(75(69-92)105-87)108-89-84(102)81(99)86(76(70-93)106-89)107-88-82(100)79(97)78(96)74(68-91)104-88/h15,17,21,23,27,29,72-76,78-89,91-94,96-102H,3-14,16,18-20,22,24-26,28,30-71H2,1-2H3,(H,90,95)/b17-15-,23-21-,29-27-. The number of amides is 1. The maximum atomic E-state index is 13.5. The number of aliphatic hydroxyl groups excluding tert-OH is 11. The topological polar surface area (TPSA) is 307 Å². The van der Waals surface area contributed by atoms with Crippen LogP contribution in [0.4, 0.5) is 0 Å². The van der Waals surface area contributed by atoms with E-state index in [4.69, 9.17) is 28.4 Å². The Labute approximate surface area is 657 Å². The second-order valence-electron chi connectivity index (χ2n) is 32.4. The van der Waals surface area contributed by atoms with Gasteiger partial charge < -0.3 is 89.9 Å². The summed E-state index contributed by atoms with van der Waals surface area (Å²) in [6.45, 7) is 1.86. The third-order valence-corrected chi connectivity index (χ3v) is 22.7. The molecule has 0 aromatic heterocycles. The molecule has 0 radical (unpaired) electrons. The maximum absolute atomic E-state index is 13.5. The van der Waals surface area contributed by atoms with E-state index in [9.17, 15) is 61.0 Å². The lowest BCUT2D eigenvalue weighted by Crippen LogP contribution is -2.66. The molecule has 17 atom stereocenters. The highest BCUT2D eigenvalue weighted by Crippen LogP contribution is 2.34. The Morgan fingerprint density at radius 2 is 0.611 bits per heavy atom. The van der Waals surface area contributed by atoms with Gasteiger partial charge in [-0.25, -0.2) is 0 Å². The molecule has 0 bridgehead atoms. The van der Waals surface area contributed by atoms with Crippen molar-refractivity contribution in [3.8, 4) is 0 Å². The number of unbranched alkanes of at least 4 members (excludes halogenated alkanes) is 52. The number of carbonyl (C=O) groups excluding carboxylic acids is 1. The monoisotopic (exact) mass is 1540 g/mol. The first-order valence-corrected chi connectivity index (χ1v) is 45.2. The molecule has 19 nitrogen and oxygen atoms in total. The SMILES string of the molecule is CCCCCCC/C=C\C/C=C\C/C=C\CCCCCCCCCCCCCCCCCCCCCCC(=O)NC(COC1OC(CO)C(OC2OC(CO)C(OC3OC(CO)C(O)C(O)C3O)C(O)C2O)C(O)C1O)C(O)CCCCCCCCCCCCCCCCCCCCCCCCCCCCCC. The summed E-state index contributed by atoms with van der Waals surface area (Å²) in [4.78, 5) is 13.5. The van der Waals surface area contributed by atoms with Crippen molar-refractivity contribution in [2.75, 3.05) is 26.4 Å². The third kappa shape index (κ3) is 47.8. The minimum Gasteiger partial charge on any atom is -0.394 e. The second kappa shape index (κ2) is 69.3. The van der Waals surface area contributed by atoms with Gasteiger partial charge in [0.2, 0.25) is 5.91 Å². The quantitative estimate of drug-likeness (QED) is 0.0199. The molecular formula is C89H167NO18. The molecule has 3 aliphatic heterocycles. The molecule has 0 spiro atoms. The van der Waals surface area contributed by atoms with Gasteiger partial charge in [-0.15, -0.1) is 0 Å². The van der Waals surface area contributed by atoms with E-state index in [1.165, 1.54) is 302 Å². The van der Waals surface area contributed by atoms with E-state index < -0.39 is 124 Å². The molecule has 3 saturated heterocycles. The highest BCUT2D eigenvalue weighted by atomic mass is 16.8. The molecular weight excluding hydrogens is 1370 g/mol. The summed E-state index contributed by atoms with van der Waals surface area (Å²) in [5, 5.41) is 121. The van der Waals surface area contributed by atoms with Crippen molar-refractivity contribution in [2.45, 2.75) is 497 Å². The van der Waals surface area contributed by atoms with Crippen molar-refractivity contribution in [1.82, 2.24) is 5.32 Å². The largest absolute Gasteiger partial charge is 0.394 e. The van der Waals surface area contributed by atoms with Crippen LogP contribution >= 0.6 is 0 Å². The van der Waals surface area contributed by atoms with Crippen LogP contribution in [-0.4, -0.2) is 193 Å². The summed E-state index contributed by atoms with van der Waals surface area (Å²) >= 11 is 0. The van der Waals surface area contributed by atoms with Gasteiger partial charge in [-0.05, 0) is 51.4 Å². The van der Waals surface area contributed by atoms with Gasteiger partial charge in [0.1, 0.15) is 73.2 Å². The van der Waals surface area contributed by atoms with Gasteiger partial charge in [0.05, 0.1) is 38.6 Å². The van der Waals surface area contributed by atoms with Crippen LogP contribution in [0.15, 0.2) is 36.5 Å². The number of nitrogens with one attached hydrogen (secondary N) is 1. The predicted molar refractivity (Wildman–Crippen MR) is 434 cm³/mol. The molecule has 3 heterocycles. The van der Waals surface area contributed by atoms with E-state index >= 15 is 0 Å². The number of ether oxygens (including phenoxy) is 6. The second-order valence-corrected chi connectivity index (χ2v) is 32.4. The van der Waals surface area contributed by atoms with Gasteiger partial charge >= 0.3 is 0 Å².